The van der Waals surface area contributed by atoms with Crippen molar-refractivity contribution < 1.29 is 19.1 Å². The fourth-order valence-electron chi connectivity index (χ4n) is 2.23. The first-order chi connectivity index (χ1) is 11.3. The van der Waals surface area contributed by atoms with Gasteiger partial charge in [-0.3, -0.25) is 9.59 Å². The molecule has 126 valence electrons. The van der Waals surface area contributed by atoms with Crippen molar-refractivity contribution in [1.29, 1.82) is 0 Å². The largest absolute Gasteiger partial charge is 0.481 e. The lowest BCUT2D eigenvalue weighted by Crippen LogP contribution is -2.31. The topological polar surface area (TPSA) is 66.4 Å². The highest BCUT2D eigenvalue weighted by Crippen LogP contribution is 2.24. The Morgan fingerprint density at radius 2 is 1.71 bits per heavy atom. The van der Waals surface area contributed by atoms with Crippen LogP contribution in [0.1, 0.15) is 28.4 Å². The van der Waals surface area contributed by atoms with Crippen LogP contribution in [0.3, 0.4) is 0 Å². The Balaban J connectivity index is 2.18. The maximum atomic E-state index is 14.3. The van der Waals surface area contributed by atoms with Gasteiger partial charge in [0, 0.05) is 6.54 Å². The summed E-state index contributed by atoms with van der Waals surface area (Å²) < 4.78 is 14.3. The van der Waals surface area contributed by atoms with E-state index in [1.54, 1.807) is 6.07 Å². The summed E-state index contributed by atoms with van der Waals surface area (Å²) in [5, 5.41) is 11.2. The zero-order valence-electron chi connectivity index (χ0n) is 13.9. The maximum absolute atomic E-state index is 14.3. The number of carbonyl (C=O) groups is 2. The lowest BCUT2D eigenvalue weighted by Gasteiger charge is -2.10. The van der Waals surface area contributed by atoms with Gasteiger partial charge in [-0.15, -0.1) is 0 Å². The molecule has 1 atom stereocenters. The van der Waals surface area contributed by atoms with Crippen LogP contribution < -0.4 is 5.32 Å². The van der Waals surface area contributed by atoms with Crippen molar-refractivity contribution in [2.45, 2.75) is 20.8 Å². The first kappa shape index (κ1) is 17.7. The van der Waals surface area contributed by atoms with E-state index in [1.807, 2.05) is 32.0 Å². The summed E-state index contributed by atoms with van der Waals surface area (Å²) in [7, 11) is 0. The fraction of sp³-hybridized carbons (Fsp3) is 0.263. The fourth-order valence-corrected chi connectivity index (χ4v) is 2.23. The number of halogens is 1. The van der Waals surface area contributed by atoms with Gasteiger partial charge in [-0.25, -0.2) is 4.39 Å². The highest BCUT2D eigenvalue weighted by molar-refractivity contribution is 5.95. The van der Waals surface area contributed by atoms with Crippen molar-refractivity contribution in [3.63, 3.8) is 0 Å². The van der Waals surface area contributed by atoms with Crippen LogP contribution in [0.4, 0.5) is 4.39 Å². The van der Waals surface area contributed by atoms with Crippen LogP contribution >= 0.6 is 0 Å². The van der Waals surface area contributed by atoms with Crippen LogP contribution in [0.25, 0.3) is 11.1 Å². The summed E-state index contributed by atoms with van der Waals surface area (Å²) in [5.41, 5.74) is 3.73. The van der Waals surface area contributed by atoms with Gasteiger partial charge in [0.1, 0.15) is 5.82 Å². The minimum Gasteiger partial charge on any atom is -0.481 e. The van der Waals surface area contributed by atoms with Crippen molar-refractivity contribution in [2.24, 2.45) is 5.92 Å². The van der Waals surface area contributed by atoms with Crippen molar-refractivity contribution in [3.8, 4) is 11.1 Å². The monoisotopic (exact) mass is 329 g/mol. The van der Waals surface area contributed by atoms with E-state index in [9.17, 15) is 14.0 Å². The average Bonchev–Trinajstić information content (AvgIpc) is 2.54. The zero-order valence-corrected chi connectivity index (χ0v) is 13.9. The maximum Gasteiger partial charge on any atom is 0.308 e. The minimum atomic E-state index is -1.01. The van der Waals surface area contributed by atoms with Crippen LogP contribution in [0.2, 0.25) is 0 Å². The van der Waals surface area contributed by atoms with Gasteiger partial charge in [-0.05, 0) is 48.2 Å². The molecule has 2 aromatic carbocycles. The molecular formula is C19H20FNO3. The van der Waals surface area contributed by atoms with Gasteiger partial charge in [0.2, 0.25) is 0 Å². The van der Waals surface area contributed by atoms with E-state index in [-0.39, 0.29) is 12.1 Å². The molecular weight excluding hydrogens is 309 g/mol. The summed E-state index contributed by atoms with van der Waals surface area (Å²) in [6.45, 7) is 5.42. The molecule has 0 aromatic heterocycles. The van der Waals surface area contributed by atoms with E-state index >= 15 is 0 Å². The molecule has 0 saturated heterocycles. The van der Waals surface area contributed by atoms with Crippen LogP contribution in [0.15, 0.2) is 36.4 Å². The number of carboxylic acids is 1. The Kier molecular flexibility index (Phi) is 5.34. The molecule has 2 aromatic rings. The van der Waals surface area contributed by atoms with Crippen LogP contribution in [0, 0.1) is 25.6 Å². The van der Waals surface area contributed by atoms with Crippen molar-refractivity contribution >= 4 is 11.9 Å². The van der Waals surface area contributed by atoms with Crippen LogP contribution in [0.5, 0.6) is 0 Å². The van der Waals surface area contributed by atoms with Gasteiger partial charge in [0.05, 0.1) is 11.5 Å². The van der Waals surface area contributed by atoms with Gasteiger partial charge < -0.3 is 10.4 Å². The van der Waals surface area contributed by atoms with Crippen molar-refractivity contribution in [1.82, 2.24) is 5.32 Å². The summed E-state index contributed by atoms with van der Waals surface area (Å²) in [4.78, 5) is 22.7. The predicted molar refractivity (Wildman–Crippen MR) is 90.4 cm³/mol. The van der Waals surface area contributed by atoms with Gasteiger partial charge in [0.25, 0.3) is 5.91 Å². The number of aryl methyl sites for hydroxylation is 2. The summed E-state index contributed by atoms with van der Waals surface area (Å²) in [5.74, 6) is -2.99. The Bertz CT molecular complexity index is 786. The lowest BCUT2D eigenvalue weighted by molar-refractivity contribution is -0.140. The molecule has 0 aliphatic carbocycles. The van der Waals surface area contributed by atoms with Crippen molar-refractivity contribution in [2.75, 3.05) is 6.54 Å². The van der Waals surface area contributed by atoms with E-state index in [4.69, 9.17) is 5.11 Å². The third kappa shape index (κ3) is 3.98. The predicted octanol–water partition coefficient (Wildman–Crippen LogP) is 3.56. The van der Waals surface area contributed by atoms with Crippen LogP contribution in [-0.4, -0.2) is 23.5 Å². The molecule has 0 radical (unpaired) electrons. The van der Waals surface area contributed by atoms with E-state index < -0.39 is 23.6 Å². The molecule has 2 rings (SSSR count). The van der Waals surface area contributed by atoms with Crippen LogP contribution in [-0.2, 0) is 4.79 Å². The third-order valence-electron chi connectivity index (χ3n) is 4.04. The molecule has 0 heterocycles. The molecule has 0 spiro atoms. The second-order valence-electron chi connectivity index (χ2n) is 5.94. The number of carboxylic acid groups (broad SMARTS) is 1. The zero-order chi connectivity index (χ0) is 17.9. The molecule has 24 heavy (non-hydrogen) atoms. The Morgan fingerprint density at radius 3 is 2.29 bits per heavy atom. The number of hydrogen-bond acceptors (Lipinski definition) is 2. The van der Waals surface area contributed by atoms with E-state index in [2.05, 4.69) is 5.32 Å². The molecule has 0 saturated carbocycles. The number of benzene rings is 2. The first-order valence-electron chi connectivity index (χ1n) is 7.67. The summed E-state index contributed by atoms with van der Waals surface area (Å²) >= 11 is 0. The molecule has 0 bridgehead atoms. The normalized spacial score (nSPS) is 11.8. The molecule has 2 N–H and O–H groups in total. The quantitative estimate of drug-likeness (QED) is 0.881. The third-order valence-corrected chi connectivity index (χ3v) is 4.04. The Hall–Kier alpha value is -2.69. The van der Waals surface area contributed by atoms with Gasteiger partial charge >= 0.3 is 5.97 Å². The minimum absolute atomic E-state index is 0.0491. The smallest absolute Gasteiger partial charge is 0.308 e. The Morgan fingerprint density at radius 1 is 1.08 bits per heavy atom. The number of rotatable bonds is 5. The van der Waals surface area contributed by atoms with E-state index in [1.165, 1.54) is 19.1 Å². The standard InChI is InChI=1S/C19H20FNO3/c1-11-4-5-14(8-12(11)2)15-6-7-16(17(20)9-15)18(22)21-10-13(3)19(23)24/h4-9,13H,10H2,1-3H3,(H,21,22)(H,23,24). The number of hydrogen-bond donors (Lipinski definition) is 2. The van der Waals surface area contributed by atoms with E-state index in [0.717, 1.165) is 16.7 Å². The van der Waals surface area contributed by atoms with Crippen molar-refractivity contribution in [3.05, 3.63) is 58.9 Å². The second-order valence-corrected chi connectivity index (χ2v) is 5.94. The molecule has 0 aliphatic heterocycles. The lowest BCUT2D eigenvalue weighted by atomic mass is 9.99. The Labute approximate surface area is 140 Å². The number of amides is 1. The van der Waals surface area contributed by atoms with E-state index in [0.29, 0.717) is 5.56 Å². The highest BCUT2D eigenvalue weighted by atomic mass is 19.1. The molecule has 1 amide bonds. The average molecular weight is 329 g/mol. The van der Waals surface area contributed by atoms with Gasteiger partial charge in [-0.1, -0.05) is 31.2 Å². The molecule has 4 nitrogen and oxygen atoms in total. The highest BCUT2D eigenvalue weighted by Gasteiger charge is 2.16. The van der Waals surface area contributed by atoms with Gasteiger partial charge in [-0.2, -0.15) is 0 Å². The summed E-state index contributed by atoms with van der Waals surface area (Å²) in [6, 6.07) is 10.3. The summed E-state index contributed by atoms with van der Waals surface area (Å²) in [6.07, 6.45) is 0. The molecule has 1 unspecified atom stereocenters. The number of carbonyl (C=O) groups excluding carboxylic acids is 1. The van der Waals surface area contributed by atoms with Gasteiger partial charge in [0.15, 0.2) is 0 Å². The number of nitrogens with one attached hydrogen (secondary N) is 1. The second kappa shape index (κ2) is 7.25. The molecule has 0 fully saturated rings. The SMILES string of the molecule is Cc1ccc(-c2ccc(C(=O)NCC(C)C(=O)O)c(F)c2)cc1C. The first-order valence-corrected chi connectivity index (χ1v) is 7.67. The molecule has 0 aliphatic rings. The molecule has 5 heteroatoms. The number of aliphatic carboxylic acids is 1.